The van der Waals surface area contributed by atoms with Gasteiger partial charge in [0.15, 0.2) is 0 Å². The molecule has 0 N–H and O–H groups in total. The van der Waals surface area contributed by atoms with Crippen LogP contribution in [0.1, 0.15) is 67.5 Å². The van der Waals surface area contributed by atoms with E-state index < -0.39 is 0 Å². The van der Waals surface area contributed by atoms with Gasteiger partial charge in [-0.3, -0.25) is 6.08 Å². The number of hydrogen-bond donors (Lipinski definition) is 0. The van der Waals surface area contributed by atoms with Crippen LogP contribution in [0.3, 0.4) is 0 Å². The minimum atomic E-state index is 0. The van der Waals surface area contributed by atoms with Crippen molar-refractivity contribution in [2.45, 2.75) is 68.2 Å². The van der Waals surface area contributed by atoms with Gasteiger partial charge in [0.05, 0.1) is 0 Å². The normalized spacial score (nSPS) is 13.1. The summed E-state index contributed by atoms with van der Waals surface area (Å²) >= 11 is 1.30. The first-order valence-electron chi connectivity index (χ1n) is 14.7. The molecule has 0 fully saturated rings. The van der Waals surface area contributed by atoms with E-state index in [1.165, 1.54) is 80.7 Å². The molecule has 0 bridgehead atoms. The molecule has 0 saturated heterocycles. The number of halogens is 2. The molecule has 4 aromatic rings. The fraction of sp³-hybridized carbons (Fsp3) is 0.293. The maximum absolute atomic E-state index is 3.45. The molecule has 0 saturated carbocycles. The molecule has 0 aliphatic heterocycles. The van der Waals surface area contributed by atoms with E-state index in [0.717, 1.165) is 6.42 Å². The van der Waals surface area contributed by atoms with Crippen LogP contribution >= 0.6 is 24.8 Å². The van der Waals surface area contributed by atoms with E-state index >= 15 is 0 Å². The molecule has 0 aromatic heterocycles. The van der Waals surface area contributed by atoms with E-state index in [0.29, 0.717) is 11.3 Å². The van der Waals surface area contributed by atoms with Gasteiger partial charge in [0, 0.05) is 0 Å². The maximum atomic E-state index is 3.45. The van der Waals surface area contributed by atoms with Crippen molar-refractivity contribution in [1.82, 2.24) is 0 Å². The summed E-state index contributed by atoms with van der Waals surface area (Å²) in [5.74, 6) is 0.573. The summed E-state index contributed by atoms with van der Waals surface area (Å²) in [6.45, 7) is 17.3. The van der Waals surface area contributed by atoms with Crippen LogP contribution in [-0.4, -0.2) is 4.21 Å². The third kappa shape index (κ3) is 14.2. The van der Waals surface area contributed by atoms with Gasteiger partial charge in [-0.25, -0.2) is 6.08 Å². The molecular weight excluding hydrogens is 655 g/mol. The van der Waals surface area contributed by atoms with Crippen LogP contribution in [0.25, 0.3) is 11.1 Å². The van der Waals surface area contributed by atoms with E-state index in [9.17, 15) is 0 Å². The van der Waals surface area contributed by atoms with Crippen LogP contribution in [0.4, 0.5) is 0 Å². The molecule has 0 amide bonds. The van der Waals surface area contributed by atoms with E-state index in [2.05, 4.69) is 126 Å². The predicted molar refractivity (Wildman–Crippen MR) is 194 cm³/mol. The van der Waals surface area contributed by atoms with Gasteiger partial charge in [-0.15, -0.1) is 35.9 Å². The molecule has 0 radical (unpaired) electrons. The van der Waals surface area contributed by atoms with Crippen molar-refractivity contribution in [3.05, 3.63) is 154 Å². The second-order valence-corrected chi connectivity index (χ2v) is 11.7. The monoisotopic (exact) mass is 700 g/mol. The topological polar surface area (TPSA) is 0 Å². The summed E-state index contributed by atoms with van der Waals surface area (Å²) in [4.78, 5) is 0. The molecule has 4 aromatic carbocycles. The van der Waals surface area contributed by atoms with Gasteiger partial charge in [-0.05, 0) is 18.9 Å². The van der Waals surface area contributed by atoms with E-state index in [4.69, 9.17) is 0 Å². The molecule has 0 heterocycles. The van der Waals surface area contributed by atoms with Crippen molar-refractivity contribution in [2.24, 2.45) is 11.3 Å². The fourth-order valence-corrected chi connectivity index (χ4v) is 4.52. The third-order valence-electron chi connectivity index (χ3n) is 7.00. The molecular formula is C41H48Cl2Zr-4. The Morgan fingerprint density at radius 2 is 1.27 bits per heavy atom. The summed E-state index contributed by atoms with van der Waals surface area (Å²) in [5.41, 5.74) is 12.5. The van der Waals surface area contributed by atoms with Crippen LogP contribution in [0, 0.1) is 63.3 Å². The number of fused-ring (bicyclic) bond motifs is 3. The number of rotatable bonds is 1. The Bertz CT molecular complexity index is 1340. The fourth-order valence-electron chi connectivity index (χ4n) is 4.52. The predicted octanol–water partition coefficient (Wildman–Crippen LogP) is 11.4. The van der Waals surface area contributed by atoms with Gasteiger partial charge in [0.25, 0.3) is 0 Å². The average Bonchev–Trinajstić information content (AvgIpc) is 3.60. The van der Waals surface area contributed by atoms with Gasteiger partial charge >= 0.3 is 28.4 Å². The Morgan fingerprint density at radius 3 is 1.68 bits per heavy atom. The number of aryl methyl sites for hydroxylation is 4. The summed E-state index contributed by atoms with van der Waals surface area (Å²) in [7, 11) is 0. The van der Waals surface area contributed by atoms with Crippen LogP contribution in [0.15, 0.2) is 96.6 Å². The first-order chi connectivity index (χ1) is 20.1. The van der Waals surface area contributed by atoms with Crippen LogP contribution in [0.2, 0.25) is 0 Å². The van der Waals surface area contributed by atoms with Crippen molar-refractivity contribution in [3.63, 3.8) is 0 Å². The van der Waals surface area contributed by atoms with Crippen molar-refractivity contribution >= 4 is 29.0 Å². The number of benzene rings is 4. The van der Waals surface area contributed by atoms with Gasteiger partial charge < -0.3 is 0 Å². The Balaban J connectivity index is 0.000000568. The van der Waals surface area contributed by atoms with Crippen LogP contribution < -0.4 is 0 Å². The summed E-state index contributed by atoms with van der Waals surface area (Å²) in [6, 6.07) is 36.2. The molecule has 0 nitrogen and oxygen atoms in total. The second-order valence-electron chi connectivity index (χ2n) is 11.7. The molecule has 234 valence electrons. The van der Waals surface area contributed by atoms with Gasteiger partial charge in [-0.2, -0.15) is 107 Å². The molecule has 1 unspecified atom stereocenters. The second kappa shape index (κ2) is 21.4. The zero-order valence-electron chi connectivity index (χ0n) is 27.7. The zero-order valence-corrected chi connectivity index (χ0v) is 31.8. The quantitative estimate of drug-likeness (QED) is 0.153. The molecule has 6 rings (SSSR count). The van der Waals surface area contributed by atoms with Crippen molar-refractivity contribution in [1.29, 1.82) is 0 Å². The molecule has 2 aliphatic carbocycles. The minimum absolute atomic E-state index is 0. The molecule has 0 spiro atoms. The first-order valence-corrected chi connectivity index (χ1v) is 16.4. The van der Waals surface area contributed by atoms with Crippen LogP contribution in [0.5, 0.6) is 0 Å². The first kappa shape index (κ1) is 41.7. The van der Waals surface area contributed by atoms with Crippen LogP contribution in [-0.2, 0) is 30.7 Å². The summed E-state index contributed by atoms with van der Waals surface area (Å²) < 4.78 is 3.34. The SMILES string of the molecule is CCC1[C-]=CC(C(C)(C)C)=C1.Cc1[c-]c2c(cc1)-c1ccc(C)cc1C2.Cc1cc[c-]cc1.Cc1cc[c-]cc1.Cl.Cl.[CH2]=[Zr]. The van der Waals surface area contributed by atoms with Gasteiger partial charge in [-0.1, -0.05) is 95.5 Å². The van der Waals surface area contributed by atoms with Gasteiger partial charge in [0.2, 0.25) is 0 Å². The summed E-state index contributed by atoms with van der Waals surface area (Å²) in [6.07, 6.45) is 10.1. The Hall–Kier alpha value is -2.31. The molecule has 1 atom stereocenters. The van der Waals surface area contributed by atoms with Crippen molar-refractivity contribution < 1.29 is 24.2 Å². The number of hydrogen-bond acceptors (Lipinski definition) is 0. The van der Waals surface area contributed by atoms with Gasteiger partial charge in [0.1, 0.15) is 0 Å². The van der Waals surface area contributed by atoms with E-state index in [1.807, 2.05) is 48.5 Å². The van der Waals surface area contributed by atoms with E-state index in [1.54, 1.807) is 0 Å². The Morgan fingerprint density at radius 1 is 0.750 bits per heavy atom. The standard InChI is InChI=1S/C15H13.C11H17.2C7H7.CH2.2ClH.Zr/c1-10-3-5-14-12(7-10)9-13-8-11(2)4-6-15(13)14;1-5-9-6-7-10(8-9)11(2,3)4;2*1-7-5-3-2-4-6-7;;;;/h3-7H,9H2,1-2H3;7-9H,5H2,1-4H3;2*3-6H,1H3;1H2;2*1H;/q4*-1;;;;. The zero-order chi connectivity index (χ0) is 31.1. The van der Waals surface area contributed by atoms with Crippen molar-refractivity contribution in [2.75, 3.05) is 0 Å². The Kier molecular flexibility index (Phi) is 20.3. The Labute approximate surface area is 296 Å². The molecule has 2 aliphatic rings. The number of allylic oxidation sites excluding steroid dienone is 4. The summed E-state index contributed by atoms with van der Waals surface area (Å²) in [5, 5.41) is 0. The molecule has 44 heavy (non-hydrogen) atoms. The van der Waals surface area contributed by atoms with E-state index in [-0.39, 0.29) is 24.8 Å². The molecule has 3 heteroatoms. The third-order valence-corrected chi connectivity index (χ3v) is 7.00. The average molecular weight is 703 g/mol. The van der Waals surface area contributed by atoms with Crippen molar-refractivity contribution in [3.8, 4) is 11.1 Å².